The number of halogens is 8. The number of aromatic nitrogens is 3. The van der Waals surface area contributed by atoms with Crippen molar-refractivity contribution in [2.45, 2.75) is 60.8 Å². The Balaban J connectivity index is 1.15. The Morgan fingerprint density at radius 2 is 1.58 bits per heavy atom. The molecular weight excluding hydrogens is 767 g/mol. The molecule has 276 valence electrons. The molecule has 0 radical (unpaired) electrons. The molecule has 9 rings (SSSR count). The summed E-state index contributed by atoms with van der Waals surface area (Å²) in [4.78, 5) is 11.8. The lowest BCUT2D eigenvalue weighted by Crippen LogP contribution is -2.70. The molecule has 0 amide bonds. The van der Waals surface area contributed by atoms with E-state index in [1.807, 2.05) is 0 Å². The zero-order valence-corrected chi connectivity index (χ0v) is 28.8. The first-order valence-corrected chi connectivity index (χ1v) is 19.8. The van der Waals surface area contributed by atoms with E-state index in [2.05, 4.69) is 20.3 Å². The lowest BCUT2D eigenvalue weighted by Gasteiger charge is -2.69. The van der Waals surface area contributed by atoms with Crippen LogP contribution in [0.15, 0.2) is 53.6 Å². The Morgan fingerprint density at radius 1 is 0.904 bits per heavy atom. The van der Waals surface area contributed by atoms with Crippen LogP contribution in [0.1, 0.15) is 42.7 Å². The van der Waals surface area contributed by atoms with Crippen LogP contribution < -0.4 is 10.0 Å². The van der Waals surface area contributed by atoms with Crippen LogP contribution in [0.2, 0.25) is 0 Å². The number of nitrogens with zero attached hydrogens (tertiary/aromatic N) is 3. The lowest BCUT2D eigenvalue weighted by atomic mass is 9.35. The van der Waals surface area contributed by atoms with Gasteiger partial charge in [0.25, 0.3) is 10.0 Å². The van der Waals surface area contributed by atoms with E-state index in [4.69, 9.17) is 0 Å². The molecule has 5 aliphatic rings. The average molecular weight is 792 g/mol. The van der Waals surface area contributed by atoms with Gasteiger partial charge in [0.1, 0.15) is 15.7 Å². The van der Waals surface area contributed by atoms with Crippen molar-refractivity contribution in [1.29, 1.82) is 0 Å². The van der Waals surface area contributed by atoms with Crippen molar-refractivity contribution in [2.75, 3.05) is 21.5 Å². The van der Waals surface area contributed by atoms with E-state index in [0.717, 1.165) is 17.4 Å². The van der Waals surface area contributed by atoms with E-state index in [0.29, 0.717) is 31.0 Å². The summed E-state index contributed by atoms with van der Waals surface area (Å²) in [5.41, 5.74) is -5.96. The first kappa shape index (κ1) is 35.1. The number of hydrogen-bond acceptors (Lipinski definition) is 9. The zero-order valence-electron chi connectivity index (χ0n) is 26.4. The van der Waals surface area contributed by atoms with Crippen molar-refractivity contribution < 1.29 is 52.0 Å². The molecule has 20 heteroatoms. The Kier molecular flexibility index (Phi) is 7.48. The van der Waals surface area contributed by atoms with E-state index >= 15 is 4.39 Å². The van der Waals surface area contributed by atoms with E-state index in [9.17, 15) is 47.6 Å². The van der Waals surface area contributed by atoms with Crippen LogP contribution in [-0.4, -0.2) is 55.5 Å². The first-order valence-electron chi connectivity index (χ1n) is 15.7. The van der Waals surface area contributed by atoms with Crippen LogP contribution in [0.3, 0.4) is 0 Å². The minimum absolute atomic E-state index is 0.105. The summed E-state index contributed by atoms with van der Waals surface area (Å²) >= 11 is 0.985. The molecule has 1 aliphatic heterocycles. The van der Waals surface area contributed by atoms with Gasteiger partial charge in [-0.1, -0.05) is 12.1 Å². The zero-order chi connectivity index (χ0) is 37.3. The van der Waals surface area contributed by atoms with Crippen LogP contribution in [0.5, 0.6) is 0 Å². The second kappa shape index (κ2) is 11.1. The number of anilines is 2. The fourth-order valence-corrected chi connectivity index (χ4v) is 13.0. The second-order valence-corrected chi connectivity index (χ2v) is 18.9. The first-order chi connectivity index (χ1) is 24.1. The number of sulfone groups is 1. The molecule has 2 N–H and O–H groups in total. The highest BCUT2D eigenvalue weighted by Crippen LogP contribution is 2.79. The van der Waals surface area contributed by atoms with E-state index in [1.165, 1.54) is 24.4 Å². The molecule has 3 heterocycles. The normalized spacial score (nSPS) is 24.7. The van der Waals surface area contributed by atoms with Crippen LogP contribution >= 0.6 is 11.3 Å². The summed E-state index contributed by atoms with van der Waals surface area (Å²) in [6.07, 6.45) is -7.82. The summed E-state index contributed by atoms with van der Waals surface area (Å²) < 4.78 is 164. The third kappa shape index (κ3) is 5.54. The van der Waals surface area contributed by atoms with E-state index in [1.54, 1.807) is 4.72 Å². The maximum Gasteiger partial charge on any atom is 0.417 e. The molecule has 4 aromatic rings. The summed E-state index contributed by atoms with van der Waals surface area (Å²) in [6.45, 7) is 0. The summed E-state index contributed by atoms with van der Waals surface area (Å²) in [5, 5.41) is 3.42. The molecule has 4 saturated carbocycles. The number of thiazole rings is 1. The molecule has 2 aromatic heterocycles. The molecule has 0 unspecified atom stereocenters. The largest absolute Gasteiger partial charge is 0.417 e. The number of sulfonamides is 1. The van der Waals surface area contributed by atoms with Crippen LogP contribution in [-0.2, 0) is 31.5 Å². The van der Waals surface area contributed by atoms with Crippen molar-refractivity contribution in [3.8, 4) is 21.8 Å². The van der Waals surface area contributed by atoms with Gasteiger partial charge in [-0.05, 0) is 62.4 Å². The van der Waals surface area contributed by atoms with Gasteiger partial charge in [-0.3, -0.25) is 4.72 Å². The molecule has 2 aromatic carbocycles. The smallest absolute Gasteiger partial charge is 0.351 e. The fraction of sp³-hybridized carbons (Fsp3) is 0.406. The quantitative estimate of drug-likeness (QED) is 0.178. The monoisotopic (exact) mass is 791 g/mol. The molecule has 1 saturated heterocycles. The standard InChI is InChI=1S/C32H25F8N5O4S3/c33-19-5-2-4-18(31(35,36)37)25(19)52(48,49)45-20-6-1-3-17(22(20)34)23-24(50-26(44-23)29-11-30(12-29,13-29)32(38,39)40)21-7-8-41-27(43-21)42-16-9-28(10-16)14-51(46,47)15-28/h1-8,16,45H,9-15H2,(H,41,42,43). The molecule has 52 heavy (non-hydrogen) atoms. The van der Waals surface area contributed by atoms with Crippen molar-refractivity contribution in [3.63, 3.8) is 0 Å². The van der Waals surface area contributed by atoms with Crippen LogP contribution in [0, 0.1) is 22.5 Å². The highest BCUT2D eigenvalue weighted by molar-refractivity contribution is 7.93. The number of alkyl halides is 6. The van der Waals surface area contributed by atoms with Gasteiger partial charge >= 0.3 is 12.4 Å². The topological polar surface area (TPSA) is 131 Å². The predicted molar refractivity (Wildman–Crippen MR) is 172 cm³/mol. The van der Waals surface area contributed by atoms with Gasteiger partial charge in [0.05, 0.1) is 44.4 Å². The van der Waals surface area contributed by atoms with E-state index < -0.39 is 70.8 Å². The number of hydrogen-bond donors (Lipinski definition) is 2. The average Bonchev–Trinajstić information content (AvgIpc) is 3.38. The second-order valence-electron chi connectivity index (χ2n) is 14.2. The molecule has 1 spiro atoms. The molecular formula is C32H25F8N5O4S3. The Hall–Kier alpha value is -3.91. The van der Waals surface area contributed by atoms with Crippen molar-refractivity contribution in [2.24, 2.45) is 10.8 Å². The SMILES string of the molecule is O=S1(=O)CC2(CC(Nc3nccc(-c4sc(C56CC(C(F)(F)F)(C5)C6)nc4-c4cccc(NS(=O)(=O)c5c(F)cccc5C(F)(F)F)c4F)n3)C2)C1. The van der Waals surface area contributed by atoms with Gasteiger partial charge in [0, 0.05) is 28.6 Å². The van der Waals surface area contributed by atoms with Gasteiger partial charge in [0.2, 0.25) is 5.95 Å². The molecule has 5 fully saturated rings. The summed E-state index contributed by atoms with van der Waals surface area (Å²) in [5.74, 6) is -2.65. The molecule has 9 nitrogen and oxygen atoms in total. The number of nitrogens with one attached hydrogen (secondary N) is 2. The third-order valence-electron chi connectivity index (χ3n) is 10.4. The Bertz CT molecular complexity index is 2340. The third-order valence-corrected chi connectivity index (χ3v) is 15.3. The summed E-state index contributed by atoms with van der Waals surface area (Å²) in [6, 6.07) is 6.21. The number of benzene rings is 2. The van der Waals surface area contributed by atoms with Crippen LogP contribution in [0.4, 0.5) is 46.8 Å². The van der Waals surface area contributed by atoms with Gasteiger partial charge in [-0.2, -0.15) is 26.3 Å². The molecule has 4 aliphatic carbocycles. The van der Waals surface area contributed by atoms with Gasteiger partial charge in [-0.15, -0.1) is 11.3 Å². The highest BCUT2D eigenvalue weighted by Gasteiger charge is 2.79. The molecule has 0 atom stereocenters. The van der Waals surface area contributed by atoms with Crippen molar-refractivity contribution in [1.82, 2.24) is 15.0 Å². The van der Waals surface area contributed by atoms with Gasteiger partial charge in [-0.25, -0.2) is 40.6 Å². The fourth-order valence-electron chi connectivity index (χ4n) is 8.16. The van der Waals surface area contributed by atoms with Gasteiger partial charge < -0.3 is 5.32 Å². The minimum Gasteiger partial charge on any atom is -0.351 e. The minimum atomic E-state index is -5.37. The highest BCUT2D eigenvalue weighted by atomic mass is 32.2. The Labute approximate surface area is 294 Å². The maximum absolute atomic E-state index is 16.3. The Morgan fingerprint density at radius 3 is 2.21 bits per heavy atom. The van der Waals surface area contributed by atoms with E-state index in [-0.39, 0.29) is 75.0 Å². The van der Waals surface area contributed by atoms with Gasteiger partial charge in [0.15, 0.2) is 15.7 Å². The van der Waals surface area contributed by atoms with Crippen molar-refractivity contribution in [3.05, 3.63) is 70.9 Å². The lowest BCUT2D eigenvalue weighted by molar-refractivity contribution is -0.337. The maximum atomic E-state index is 16.3. The van der Waals surface area contributed by atoms with Crippen molar-refractivity contribution >= 4 is 42.8 Å². The van der Waals surface area contributed by atoms with Crippen LogP contribution in [0.25, 0.3) is 21.8 Å². The molecule has 2 bridgehead atoms. The summed E-state index contributed by atoms with van der Waals surface area (Å²) in [7, 11) is -8.40. The predicted octanol–water partition coefficient (Wildman–Crippen LogP) is 7.34. The number of rotatable bonds is 8.